The first-order valence-electron chi connectivity index (χ1n) is 7.84. The molecule has 118 valence electrons. The number of rotatable bonds is 4. The van der Waals surface area contributed by atoms with Gasteiger partial charge in [-0.15, -0.1) is 0 Å². The lowest BCUT2D eigenvalue weighted by atomic mass is 10.1. The number of carbonyl (C=O) groups excluding carboxylic acids is 1. The summed E-state index contributed by atoms with van der Waals surface area (Å²) in [6.45, 7) is 3.76. The van der Waals surface area contributed by atoms with Gasteiger partial charge in [0.05, 0.1) is 5.56 Å². The van der Waals surface area contributed by atoms with E-state index in [9.17, 15) is 9.59 Å². The van der Waals surface area contributed by atoms with E-state index in [1.807, 2.05) is 0 Å². The second kappa shape index (κ2) is 6.36. The van der Waals surface area contributed by atoms with Crippen LogP contribution < -0.4 is 10.9 Å². The van der Waals surface area contributed by atoms with Crippen molar-refractivity contribution in [2.45, 2.75) is 19.3 Å². The van der Waals surface area contributed by atoms with Crippen LogP contribution in [0.1, 0.15) is 29.6 Å². The Bertz CT molecular complexity index is 725. The van der Waals surface area contributed by atoms with Crippen LogP contribution in [0.25, 0.3) is 10.9 Å². The zero-order valence-electron chi connectivity index (χ0n) is 12.9. The minimum absolute atomic E-state index is 0.120. The van der Waals surface area contributed by atoms with E-state index in [2.05, 4.69) is 15.2 Å². The summed E-state index contributed by atoms with van der Waals surface area (Å²) in [5.41, 5.74) is 0.896. The summed E-state index contributed by atoms with van der Waals surface area (Å²) in [7, 11) is 1.66. The number of fused-ring (bicyclic) bond motifs is 1. The van der Waals surface area contributed by atoms with Crippen molar-refractivity contribution in [2.24, 2.45) is 7.05 Å². The molecule has 0 unspecified atom stereocenters. The number of aryl methyl sites for hydroxylation is 1. The summed E-state index contributed by atoms with van der Waals surface area (Å²) in [5.74, 6) is -0.128. The van der Waals surface area contributed by atoms with E-state index in [1.165, 1.54) is 23.8 Å². The van der Waals surface area contributed by atoms with Gasteiger partial charge in [-0.05, 0) is 32.0 Å². The molecule has 1 aliphatic heterocycles. The highest BCUT2D eigenvalue weighted by molar-refractivity contribution is 6.05. The molecule has 0 radical (unpaired) electrons. The molecule has 6 nitrogen and oxygen atoms in total. The van der Waals surface area contributed by atoms with Crippen LogP contribution in [-0.2, 0) is 7.05 Å². The number of amides is 1. The van der Waals surface area contributed by atoms with E-state index in [-0.39, 0.29) is 11.5 Å². The van der Waals surface area contributed by atoms with Gasteiger partial charge < -0.3 is 19.8 Å². The van der Waals surface area contributed by atoms with Crippen LogP contribution in [-0.4, -0.2) is 46.5 Å². The highest BCUT2D eigenvalue weighted by Gasteiger charge is 2.15. The number of likely N-dealkylation sites (tertiary alicyclic amines) is 1. The summed E-state index contributed by atoms with van der Waals surface area (Å²) in [5, 5.41) is 3.64. The van der Waals surface area contributed by atoms with Gasteiger partial charge in [-0.3, -0.25) is 9.59 Å². The van der Waals surface area contributed by atoms with Gasteiger partial charge >= 0.3 is 0 Å². The molecule has 2 aromatic heterocycles. The molecule has 0 spiro atoms. The van der Waals surface area contributed by atoms with Gasteiger partial charge in [0.25, 0.3) is 11.5 Å². The van der Waals surface area contributed by atoms with Gasteiger partial charge in [0.1, 0.15) is 5.52 Å². The highest BCUT2D eigenvalue weighted by Crippen LogP contribution is 2.14. The van der Waals surface area contributed by atoms with Crippen molar-refractivity contribution >= 4 is 16.8 Å². The number of nitrogens with zero attached hydrogens (tertiary/aromatic N) is 2. The van der Waals surface area contributed by atoms with Gasteiger partial charge in [-0.1, -0.05) is 6.42 Å². The van der Waals surface area contributed by atoms with Crippen molar-refractivity contribution in [1.29, 1.82) is 0 Å². The Morgan fingerprint density at radius 1 is 1.32 bits per heavy atom. The number of hydrogen-bond donors (Lipinski definition) is 2. The topological polar surface area (TPSA) is 70.1 Å². The summed E-state index contributed by atoms with van der Waals surface area (Å²) in [6, 6.07) is 1.77. The number of piperidine rings is 1. The van der Waals surface area contributed by atoms with E-state index >= 15 is 0 Å². The van der Waals surface area contributed by atoms with E-state index in [0.717, 1.165) is 19.6 Å². The van der Waals surface area contributed by atoms with E-state index < -0.39 is 0 Å². The molecule has 3 rings (SSSR count). The molecule has 1 aliphatic rings. The molecular weight excluding hydrogens is 280 g/mol. The number of carbonyl (C=O) groups is 1. The molecule has 0 aromatic carbocycles. The molecule has 22 heavy (non-hydrogen) atoms. The number of H-pyrrole nitrogens is 1. The maximum absolute atomic E-state index is 12.4. The molecule has 6 heteroatoms. The van der Waals surface area contributed by atoms with Crippen molar-refractivity contribution in [3.63, 3.8) is 0 Å². The second-order valence-corrected chi connectivity index (χ2v) is 5.88. The maximum atomic E-state index is 12.4. The zero-order chi connectivity index (χ0) is 15.5. The van der Waals surface area contributed by atoms with Crippen LogP contribution in [0.2, 0.25) is 0 Å². The van der Waals surface area contributed by atoms with Crippen LogP contribution in [0.3, 0.4) is 0 Å². The predicted molar refractivity (Wildman–Crippen MR) is 86.2 cm³/mol. The molecule has 0 atom stereocenters. The monoisotopic (exact) mass is 302 g/mol. The highest BCUT2D eigenvalue weighted by atomic mass is 16.2. The third kappa shape index (κ3) is 2.92. The molecule has 3 heterocycles. The van der Waals surface area contributed by atoms with E-state index in [1.54, 1.807) is 25.5 Å². The first-order chi connectivity index (χ1) is 10.7. The summed E-state index contributed by atoms with van der Waals surface area (Å²) in [6.07, 6.45) is 7.11. The quantitative estimate of drug-likeness (QED) is 0.888. The number of pyridine rings is 1. The first-order valence-corrected chi connectivity index (χ1v) is 7.84. The molecule has 0 saturated carbocycles. The second-order valence-electron chi connectivity index (χ2n) is 5.88. The Labute approximate surface area is 129 Å². The SMILES string of the molecule is Cn1cc(C(=O)NCCN2CCCCC2)c2cc[nH]c2c1=O. The van der Waals surface area contributed by atoms with Crippen molar-refractivity contribution in [3.8, 4) is 0 Å². The minimum atomic E-state index is -0.128. The lowest BCUT2D eigenvalue weighted by Gasteiger charge is -2.26. The Morgan fingerprint density at radius 3 is 2.86 bits per heavy atom. The first kappa shape index (κ1) is 14.8. The molecule has 1 saturated heterocycles. The van der Waals surface area contributed by atoms with E-state index in [4.69, 9.17) is 0 Å². The third-order valence-corrected chi connectivity index (χ3v) is 4.30. The molecule has 1 fully saturated rings. The Morgan fingerprint density at radius 2 is 2.09 bits per heavy atom. The van der Waals surface area contributed by atoms with Gasteiger partial charge in [0.2, 0.25) is 0 Å². The summed E-state index contributed by atoms with van der Waals surface area (Å²) < 4.78 is 1.44. The van der Waals surface area contributed by atoms with Crippen LogP contribution in [0, 0.1) is 0 Å². The van der Waals surface area contributed by atoms with Crippen molar-refractivity contribution in [3.05, 3.63) is 34.4 Å². The van der Waals surface area contributed by atoms with Crippen molar-refractivity contribution in [2.75, 3.05) is 26.2 Å². The largest absolute Gasteiger partial charge is 0.357 e. The summed E-state index contributed by atoms with van der Waals surface area (Å²) in [4.78, 5) is 29.7. The van der Waals surface area contributed by atoms with Gasteiger partial charge in [0, 0.05) is 37.9 Å². The third-order valence-electron chi connectivity index (χ3n) is 4.30. The van der Waals surface area contributed by atoms with Crippen LogP contribution in [0.5, 0.6) is 0 Å². The molecule has 1 amide bonds. The van der Waals surface area contributed by atoms with Gasteiger partial charge in [-0.25, -0.2) is 0 Å². The van der Waals surface area contributed by atoms with Crippen molar-refractivity contribution < 1.29 is 4.79 Å². The smallest absolute Gasteiger partial charge is 0.274 e. The number of nitrogens with one attached hydrogen (secondary N) is 2. The average Bonchev–Trinajstić information content (AvgIpc) is 3.01. The van der Waals surface area contributed by atoms with E-state index in [0.29, 0.717) is 23.0 Å². The lowest BCUT2D eigenvalue weighted by Crippen LogP contribution is -2.38. The minimum Gasteiger partial charge on any atom is -0.357 e. The standard InChI is InChI=1S/C16H22N4O2/c1-19-11-13(12-5-6-17-14(12)16(19)22)15(21)18-7-10-20-8-3-2-4-9-20/h5-6,11,17H,2-4,7-10H2,1H3,(H,18,21). The van der Waals surface area contributed by atoms with Gasteiger partial charge in [-0.2, -0.15) is 0 Å². The van der Waals surface area contributed by atoms with Crippen LogP contribution >= 0.6 is 0 Å². The summed E-state index contributed by atoms with van der Waals surface area (Å²) >= 11 is 0. The fourth-order valence-electron chi connectivity index (χ4n) is 3.06. The fourth-order valence-corrected chi connectivity index (χ4v) is 3.06. The predicted octanol–water partition coefficient (Wildman–Crippen LogP) is 1.08. The lowest BCUT2D eigenvalue weighted by molar-refractivity contribution is 0.0947. The molecular formula is C16H22N4O2. The number of aromatic amines is 1. The van der Waals surface area contributed by atoms with Gasteiger partial charge in [0.15, 0.2) is 0 Å². The zero-order valence-corrected chi connectivity index (χ0v) is 12.9. The Kier molecular flexibility index (Phi) is 4.29. The fraction of sp³-hybridized carbons (Fsp3) is 0.500. The molecule has 0 aliphatic carbocycles. The van der Waals surface area contributed by atoms with Crippen LogP contribution in [0.15, 0.2) is 23.3 Å². The van der Waals surface area contributed by atoms with Crippen LogP contribution in [0.4, 0.5) is 0 Å². The average molecular weight is 302 g/mol. The number of hydrogen-bond acceptors (Lipinski definition) is 3. The molecule has 0 bridgehead atoms. The Hall–Kier alpha value is -2.08. The Balaban J connectivity index is 1.68. The maximum Gasteiger partial charge on any atom is 0.274 e. The molecule has 2 aromatic rings. The van der Waals surface area contributed by atoms with Crippen molar-refractivity contribution in [1.82, 2.24) is 19.8 Å². The molecule has 2 N–H and O–H groups in total. The normalized spacial score (nSPS) is 16.0. The number of aromatic nitrogens is 2.